The van der Waals surface area contributed by atoms with E-state index >= 15 is 0 Å². The van der Waals surface area contributed by atoms with Crippen LogP contribution in [-0.4, -0.2) is 30.8 Å². The first-order valence-electron chi connectivity index (χ1n) is 5.75. The Bertz CT molecular complexity index is 609. The summed E-state index contributed by atoms with van der Waals surface area (Å²) in [6.07, 6.45) is -0.586. The van der Waals surface area contributed by atoms with Crippen LogP contribution in [0, 0.1) is 0 Å². The van der Waals surface area contributed by atoms with Gasteiger partial charge in [0.1, 0.15) is 10.6 Å². The van der Waals surface area contributed by atoms with E-state index in [0.717, 1.165) is 10.1 Å². The first-order chi connectivity index (χ1) is 9.02. The third kappa shape index (κ3) is 3.00. The molecule has 2 N–H and O–H groups in total. The van der Waals surface area contributed by atoms with Gasteiger partial charge in [0.2, 0.25) is 0 Å². The van der Waals surface area contributed by atoms with Gasteiger partial charge in [-0.25, -0.2) is 0 Å². The Balaban J connectivity index is 2.34. The SMILES string of the molecule is COc1ccc2sc(C(=O)NCC(C)O)c(Cl)c2c1. The number of hydrogen-bond acceptors (Lipinski definition) is 4. The number of rotatable bonds is 4. The highest BCUT2D eigenvalue weighted by Crippen LogP contribution is 2.37. The maximum atomic E-state index is 12.0. The Hall–Kier alpha value is -1.30. The monoisotopic (exact) mass is 299 g/mol. The van der Waals surface area contributed by atoms with Crippen LogP contribution < -0.4 is 10.1 Å². The van der Waals surface area contributed by atoms with E-state index in [2.05, 4.69) is 5.32 Å². The number of halogens is 1. The molecule has 0 fully saturated rings. The first kappa shape index (κ1) is 14.1. The lowest BCUT2D eigenvalue weighted by atomic mass is 10.2. The average molecular weight is 300 g/mol. The summed E-state index contributed by atoms with van der Waals surface area (Å²) < 4.78 is 6.06. The molecule has 2 rings (SSSR count). The summed E-state index contributed by atoms with van der Waals surface area (Å²) in [6, 6.07) is 5.50. The predicted octanol–water partition coefficient (Wildman–Crippen LogP) is 2.67. The molecule has 1 atom stereocenters. The van der Waals surface area contributed by atoms with Gasteiger partial charge in [0.25, 0.3) is 5.91 Å². The van der Waals surface area contributed by atoms with Crippen molar-refractivity contribution in [3.8, 4) is 5.75 Å². The number of ether oxygens (including phenoxy) is 1. The van der Waals surface area contributed by atoms with E-state index in [9.17, 15) is 4.79 Å². The molecule has 0 aliphatic rings. The lowest BCUT2D eigenvalue weighted by Crippen LogP contribution is -2.30. The fraction of sp³-hybridized carbons (Fsp3) is 0.308. The smallest absolute Gasteiger partial charge is 0.263 e. The summed E-state index contributed by atoms with van der Waals surface area (Å²) in [4.78, 5) is 12.4. The van der Waals surface area contributed by atoms with E-state index in [4.69, 9.17) is 21.4 Å². The van der Waals surface area contributed by atoms with Crippen molar-refractivity contribution in [2.45, 2.75) is 13.0 Å². The molecule has 102 valence electrons. The lowest BCUT2D eigenvalue weighted by molar-refractivity contribution is 0.0928. The van der Waals surface area contributed by atoms with Crippen LogP contribution in [-0.2, 0) is 0 Å². The fourth-order valence-electron chi connectivity index (χ4n) is 1.64. The van der Waals surface area contributed by atoms with Crippen molar-refractivity contribution < 1.29 is 14.6 Å². The Morgan fingerprint density at radius 3 is 2.95 bits per heavy atom. The largest absolute Gasteiger partial charge is 0.497 e. The summed E-state index contributed by atoms with van der Waals surface area (Å²) in [6.45, 7) is 1.81. The van der Waals surface area contributed by atoms with Gasteiger partial charge in [-0.15, -0.1) is 11.3 Å². The van der Waals surface area contributed by atoms with Crippen LogP contribution in [0.25, 0.3) is 10.1 Å². The van der Waals surface area contributed by atoms with Crippen molar-refractivity contribution in [2.75, 3.05) is 13.7 Å². The number of carbonyl (C=O) groups is 1. The standard InChI is InChI=1S/C13H14ClNO3S/c1-7(16)6-15-13(17)12-11(14)9-5-8(18-2)3-4-10(9)19-12/h3-5,7,16H,6H2,1-2H3,(H,15,17). The number of methoxy groups -OCH3 is 1. The van der Waals surface area contributed by atoms with Crippen molar-refractivity contribution in [1.82, 2.24) is 5.32 Å². The van der Waals surface area contributed by atoms with Gasteiger partial charge < -0.3 is 15.2 Å². The molecule has 2 aromatic rings. The quantitative estimate of drug-likeness (QED) is 0.912. The first-order valence-corrected chi connectivity index (χ1v) is 6.94. The maximum absolute atomic E-state index is 12.0. The molecule has 1 amide bonds. The zero-order valence-electron chi connectivity index (χ0n) is 10.6. The van der Waals surface area contributed by atoms with Crippen LogP contribution in [0.15, 0.2) is 18.2 Å². The van der Waals surface area contributed by atoms with Crippen LogP contribution >= 0.6 is 22.9 Å². The molecule has 0 aliphatic heterocycles. The number of thiophene rings is 1. The molecule has 1 unspecified atom stereocenters. The van der Waals surface area contributed by atoms with E-state index in [1.165, 1.54) is 11.3 Å². The van der Waals surface area contributed by atoms with E-state index in [0.29, 0.717) is 15.6 Å². The molecule has 1 heterocycles. The molecule has 6 heteroatoms. The third-order valence-electron chi connectivity index (χ3n) is 2.60. The number of hydrogen-bond donors (Lipinski definition) is 2. The molecule has 0 saturated heterocycles. The average Bonchev–Trinajstić information content (AvgIpc) is 2.73. The van der Waals surface area contributed by atoms with Crippen molar-refractivity contribution in [1.29, 1.82) is 0 Å². The lowest BCUT2D eigenvalue weighted by Gasteiger charge is -2.05. The second kappa shape index (κ2) is 5.77. The van der Waals surface area contributed by atoms with Crippen LogP contribution in [0.4, 0.5) is 0 Å². The van der Waals surface area contributed by atoms with Gasteiger partial charge in [0, 0.05) is 16.6 Å². The molecule has 0 radical (unpaired) electrons. The van der Waals surface area contributed by atoms with Gasteiger partial charge in [-0.05, 0) is 25.1 Å². The van der Waals surface area contributed by atoms with Gasteiger partial charge in [0.05, 0.1) is 18.2 Å². The number of carbonyl (C=O) groups excluding carboxylic acids is 1. The van der Waals surface area contributed by atoms with Crippen LogP contribution in [0.5, 0.6) is 5.75 Å². The van der Waals surface area contributed by atoms with Crippen molar-refractivity contribution in [2.24, 2.45) is 0 Å². The van der Waals surface area contributed by atoms with Gasteiger partial charge in [-0.3, -0.25) is 4.79 Å². The van der Waals surface area contributed by atoms with Gasteiger partial charge in [-0.2, -0.15) is 0 Å². The molecule has 0 bridgehead atoms. The molecular formula is C13H14ClNO3S. The highest BCUT2D eigenvalue weighted by atomic mass is 35.5. The minimum atomic E-state index is -0.586. The molecular weight excluding hydrogens is 286 g/mol. The molecule has 1 aromatic carbocycles. The van der Waals surface area contributed by atoms with Crippen molar-refractivity contribution in [3.05, 3.63) is 28.1 Å². The summed E-state index contributed by atoms with van der Waals surface area (Å²) in [5.74, 6) is 0.425. The topological polar surface area (TPSA) is 58.6 Å². The minimum absolute atomic E-state index is 0.201. The van der Waals surface area contributed by atoms with Crippen LogP contribution in [0.3, 0.4) is 0 Å². The van der Waals surface area contributed by atoms with E-state index in [1.807, 2.05) is 12.1 Å². The Morgan fingerprint density at radius 1 is 1.58 bits per heavy atom. The van der Waals surface area contributed by atoms with Crippen molar-refractivity contribution in [3.63, 3.8) is 0 Å². The highest BCUT2D eigenvalue weighted by molar-refractivity contribution is 7.21. The minimum Gasteiger partial charge on any atom is -0.497 e. The third-order valence-corrected chi connectivity index (χ3v) is 4.27. The predicted molar refractivity (Wildman–Crippen MR) is 77.4 cm³/mol. The maximum Gasteiger partial charge on any atom is 0.263 e. The second-order valence-corrected chi connectivity index (χ2v) is 5.60. The molecule has 0 saturated carbocycles. The van der Waals surface area contributed by atoms with Gasteiger partial charge in [-0.1, -0.05) is 11.6 Å². The van der Waals surface area contributed by atoms with E-state index in [1.54, 1.807) is 20.1 Å². The number of amides is 1. The molecule has 0 aliphatic carbocycles. The number of benzene rings is 1. The van der Waals surface area contributed by atoms with Crippen molar-refractivity contribution >= 4 is 38.9 Å². The summed E-state index contributed by atoms with van der Waals surface area (Å²) in [5.41, 5.74) is 0. The summed E-state index contributed by atoms with van der Waals surface area (Å²) >= 11 is 7.55. The molecule has 1 aromatic heterocycles. The molecule has 4 nitrogen and oxygen atoms in total. The summed E-state index contributed by atoms with van der Waals surface area (Å²) in [5, 5.41) is 13.0. The Morgan fingerprint density at radius 2 is 2.32 bits per heavy atom. The number of nitrogens with one attached hydrogen (secondary N) is 1. The molecule has 0 spiro atoms. The van der Waals surface area contributed by atoms with Crippen LogP contribution in [0.2, 0.25) is 5.02 Å². The normalized spacial score (nSPS) is 12.4. The fourth-order valence-corrected chi connectivity index (χ4v) is 3.05. The Labute approximate surface area is 120 Å². The number of aliphatic hydroxyl groups excluding tert-OH is 1. The van der Waals surface area contributed by atoms with Crippen LogP contribution in [0.1, 0.15) is 16.6 Å². The zero-order valence-corrected chi connectivity index (χ0v) is 12.1. The van der Waals surface area contributed by atoms with Gasteiger partial charge in [0.15, 0.2) is 0 Å². The highest BCUT2D eigenvalue weighted by Gasteiger charge is 2.17. The second-order valence-electron chi connectivity index (χ2n) is 4.17. The zero-order chi connectivity index (χ0) is 14.0. The van der Waals surface area contributed by atoms with E-state index in [-0.39, 0.29) is 12.5 Å². The Kier molecular flexibility index (Phi) is 4.29. The summed E-state index contributed by atoms with van der Waals surface area (Å²) in [7, 11) is 1.58. The van der Waals surface area contributed by atoms with Gasteiger partial charge >= 0.3 is 0 Å². The van der Waals surface area contributed by atoms with E-state index < -0.39 is 6.10 Å². The molecule has 19 heavy (non-hydrogen) atoms. The number of aliphatic hydroxyl groups is 1. The number of fused-ring (bicyclic) bond motifs is 1.